The molecule has 2 aliphatic carbocycles. The van der Waals surface area contributed by atoms with Gasteiger partial charge in [0.15, 0.2) is 0 Å². The summed E-state index contributed by atoms with van der Waals surface area (Å²) in [6.07, 6.45) is 12.6. The third-order valence-electron chi connectivity index (χ3n) is 6.91. The SMILES string of the molecule is O=C(CNC1CCCC1)N[C@H]1CC[C@H](Nc2cc(-c3c[nH]c4ncccc34)cc(Cl)n2)CC1. The fourth-order valence-corrected chi connectivity index (χ4v) is 5.37. The number of hydrogen-bond donors (Lipinski definition) is 4. The summed E-state index contributed by atoms with van der Waals surface area (Å²) in [5, 5.41) is 11.7. The lowest BCUT2D eigenvalue weighted by molar-refractivity contribution is -0.121. The van der Waals surface area contributed by atoms with E-state index < -0.39 is 0 Å². The third kappa shape index (κ3) is 5.47. The minimum atomic E-state index is 0.118. The summed E-state index contributed by atoms with van der Waals surface area (Å²) in [5.41, 5.74) is 2.92. The van der Waals surface area contributed by atoms with Gasteiger partial charge < -0.3 is 20.9 Å². The molecule has 4 N–H and O–H groups in total. The molecule has 0 spiro atoms. The van der Waals surface area contributed by atoms with Crippen LogP contribution in [0.1, 0.15) is 51.4 Å². The molecule has 0 aliphatic heterocycles. The minimum absolute atomic E-state index is 0.118. The van der Waals surface area contributed by atoms with E-state index in [0.29, 0.717) is 23.8 Å². The van der Waals surface area contributed by atoms with Crippen molar-refractivity contribution >= 4 is 34.4 Å². The van der Waals surface area contributed by atoms with E-state index in [-0.39, 0.29) is 11.9 Å². The highest BCUT2D eigenvalue weighted by atomic mass is 35.5. The molecule has 0 unspecified atom stereocenters. The Morgan fingerprint density at radius 1 is 1.06 bits per heavy atom. The van der Waals surface area contributed by atoms with Gasteiger partial charge in [0.2, 0.25) is 5.91 Å². The van der Waals surface area contributed by atoms with Crippen molar-refractivity contribution in [1.82, 2.24) is 25.6 Å². The number of rotatable bonds is 7. The van der Waals surface area contributed by atoms with Crippen LogP contribution >= 0.6 is 11.6 Å². The zero-order valence-electron chi connectivity index (χ0n) is 18.7. The summed E-state index contributed by atoms with van der Waals surface area (Å²) in [4.78, 5) is 24.4. The smallest absolute Gasteiger partial charge is 0.234 e. The molecule has 1 amide bonds. The van der Waals surface area contributed by atoms with Gasteiger partial charge in [-0.3, -0.25) is 4.79 Å². The van der Waals surface area contributed by atoms with Gasteiger partial charge in [-0.2, -0.15) is 0 Å². The molecule has 8 heteroatoms. The molecular formula is C25H31ClN6O. The Bertz CT molecular complexity index is 1100. The summed E-state index contributed by atoms with van der Waals surface area (Å²) in [7, 11) is 0. The third-order valence-corrected chi connectivity index (χ3v) is 7.10. The molecular weight excluding hydrogens is 436 g/mol. The molecule has 0 aromatic carbocycles. The maximum atomic E-state index is 12.3. The first-order chi connectivity index (χ1) is 16.1. The highest BCUT2D eigenvalue weighted by Crippen LogP contribution is 2.31. The predicted octanol–water partition coefficient (Wildman–Crippen LogP) is 4.65. The summed E-state index contributed by atoms with van der Waals surface area (Å²) in [6, 6.07) is 9.00. The number of H-pyrrole nitrogens is 1. The number of fused-ring (bicyclic) bond motifs is 1. The molecule has 3 heterocycles. The van der Waals surface area contributed by atoms with E-state index in [2.05, 4.69) is 37.0 Å². The molecule has 2 fully saturated rings. The molecule has 0 atom stereocenters. The molecule has 3 aromatic heterocycles. The van der Waals surface area contributed by atoms with Crippen LogP contribution in [0, 0.1) is 0 Å². The maximum Gasteiger partial charge on any atom is 0.234 e. The normalized spacial score (nSPS) is 21.4. The number of hydrogen-bond acceptors (Lipinski definition) is 5. The molecule has 3 aromatic rings. The van der Waals surface area contributed by atoms with Gasteiger partial charge in [-0.1, -0.05) is 24.4 Å². The van der Waals surface area contributed by atoms with Crippen LogP contribution in [0.5, 0.6) is 0 Å². The molecule has 0 bridgehead atoms. The van der Waals surface area contributed by atoms with Crippen LogP contribution in [-0.2, 0) is 4.79 Å². The van der Waals surface area contributed by atoms with Gasteiger partial charge in [0.05, 0.1) is 6.54 Å². The number of anilines is 1. The molecule has 7 nitrogen and oxygen atoms in total. The number of aromatic amines is 1. The Kier molecular flexibility index (Phi) is 6.78. The zero-order chi connectivity index (χ0) is 22.6. The van der Waals surface area contributed by atoms with Gasteiger partial charge >= 0.3 is 0 Å². The van der Waals surface area contributed by atoms with Gasteiger partial charge in [0, 0.05) is 41.5 Å². The van der Waals surface area contributed by atoms with E-state index in [1.165, 1.54) is 25.7 Å². The number of pyridine rings is 2. The maximum absolute atomic E-state index is 12.3. The first kappa shape index (κ1) is 22.2. The molecule has 2 aliphatic rings. The average molecular weight is 467 g/mol. The van der Waals surface area contributed by atoms with Gasteiger partial charge in [0.25, 0.3) is 0 Å². The van der Waals surface area contributed by atoms with Crippen LogP contribution in [0.25, 0.3) is 22.2 Å². The predicted molar refractivity (Wildman–Crippen MR) is 132 cm³/mol. The van der Waals surface area contributed by atoms with Crippen LogP contribution in [0.15, 0.2) is 36.7 Å². The largest absolute Gasteiger partial charge is 0.367 e. The lowest BCUT2D eigenvalue weighted by Crippen LogP contribution is -2.45. The standard InChI is InChI=1S/C25H31ClN6O/c26-22-12-16(21-14-29-25-20(21)6-3-11-27-25)13-23(32-22)30-18-7-9-19(10-8-18)31-24(33)15-28-17-4-1-2-5-17/h3,6,11-14,17-19,28H,1-2,4-5,7-10,15H2,(H,27,29)(H,30,32)(H,31,33)/t18-,19-. The van der Waals surface area contributed by atoms with Crippen LogP contribution in [0.2, 0.25) is 5.15 Å². The van der Waals surface area contributed by atoms with Crippen molar-refractivity contribution in [2.45, 2.75) is 69.5 Å². The number of carbonyl (C=O) groups excluding carboxylic acids is 1. The quantitative estimate of drug-likeness (QED) is 0.380. The second-order valence-electron chi connectivity index (χ2n) is 9.29. The van der Waals surface area contributed by atoms with Crippen molar-refractivity contribution < 1.29 is 4.79 Å². The second-order valence-corrected chi connectivity index (χ2v) is 9.68. The van der Waals surface area contributed by atoms with Crippen molar-refractivity contribution in [3.63, 3.8) is 0 Å². The number of amides is 1. The van der Waals surface area contributed by atoms with Crippen molar-refractivity contribution in [3.05, 3.63) is 41.8 Å². The zero-order valence-corrected chi connectivity index (χ0v) is 19.5. The summed E-state index contributed by atoms with van der Waals surface area (Å²) < 4.78 is 0. The van der Waals surface area contributed by atoms with Gasteiger partial charge in [-0.25, -0.2) is 9.97 Å². The fourth-order valence-electron chi connectivity index (χ4n) is 5.16. The molecule has 0 radical (unpaired) electrons. The number of aromatic nitrogens is 3. The van der Waals surface area contributed by atoms with Crippen molar-refractivity contribution in [3.8, 4) is 11.1 Å². The monoisotopic (exact) mass is 466 g/mol. The van der Waals surface area contributed by atoms with E-state index in [0.717, 1.165) is 53.7 Å². The molecule has 2 saturated carbocycles. The van der Waals surface area contributed by atoms with Crippen LogP contribution in [0.4, 0.5) is 5.82 Å². The highest BCUT2D eigenvalue weighted by molar-refractivity contribution is 6.29. The van der Waals surface area contributed by atoms with E-state index in [1.54, 1.807) is 6.20 Å². The summed E-state index contributed by atoms with van der Waals surface area (Å²) in [5.74, 6) is 0.900. The van der Waals surface area contributed by atoms with Crippen molar-refractivity contribution in [2.75, 3.05) is 11.9 Å². The van der Waals surface area contributed by atoms with Gasteiger partial charge in [-0.15, -0.1) is 0 Å². The Balaban J connectivity index is 1.15. The number of carbonyl (C=O) groups is 1. The molecule has 33 heavy (non-hydrogen) atoms. The van der Waals surface area contributed by atoms with Crippen molar-refractivity contribution in [1.29, 1.82) is 0 Å². The first-order valence-electron chi connectivity index (χ1n) is 12.0. The first-order valence-corrected chi connectivity index (χ1v) is 12.4. The lowest BCUT2D eigenvalue weighted by atomic mass is 9.91. The average Bonchev–Trinajstić information content (AvgIpc) is 3.49. The summed E-state index contributed by atoms with van der Waals surface area (Å²) >= 11 is 6.36. The van der Waals surface area contributed by atoms with Gasteiger partial charge in [-0.05, 0) is 68.4 Å². The van der Waals surface area contributed by atoms with E-state index >= 15 is 0 Å². The Morgan fingerprint density at radius 2 is 1.85 bits per heavy atom. The topological polar surface area (TPSA) is 94.7 Å². The molecule has 5 rings (SSSR count). The fraction of sp³-hybridized carbons (Fsp3) is 0.480. The van der Waals surface area contributed by atoms with Gasteiger partial charge in [0.1, 0.15) is 16.6 Å². The van der Waals surface area contributed by atoms with Crippen LogP contribution < -0.4 is 16.0 Å². The summed E-state index contributed by atoms with van der Waals surface area (Å²) in [6.45, 7) is 0.432. The Labute approximate surface area is 199 Å². The lowest BCUT2D eigenvalue weighted by Gasteiger charge is -2.30. The number of halogens is 1. The van der Waals surface area contributed by atoms with Crippen LogP contribution in [0.3, 0.4) is 0 Å². The van der Waals surface area contributed by atoms with E-state index in [1.807, 2.05) is 24.4 Å². The Morgan fingerprint density at radius 3 is 2.67 bits per heavy atom. The van der Waals surface area contributed by atoms with Crippen molar-refractivity contribution in [2.24, 2.45) is 0 Å². The highest BCUT2D eigenvalue weighted by Gasteiger charge is 2.23. The van der Waals surface area contributed by atoms with E-state index in [4.69, 9.17) is 11.6 Å². The number of nitrogens with one attached hydrogen (secondary N) is 4. The van der Waals surface area contributed by atoms with Crippen LogP contribution in [-0.4, -0.2) is 45.5 Å². The minimum Gasteiger partial charge on any atom is -0.367 e. The van der Waals surface area contributed by atoms with E-state index in [9.17, 15) is 4.79 Å². The second kappa shape index (κ2) is 10.1. The molecule has 174 valence electrons. The Hall–Kier alpha value is -2.64. The molecule has 0 saturated heterocycles. The number of nitrogens with zero attached hydrogens (tertiary/aromatic N) is 2.